The third-order valence-corrected chi connectivity index (χ3v) is 2.58. The summed E-state index contributed by atoms with van der Waals surface area (Å²) in [6.07, 6.45) is -14.2. The van der Waals surface area contributed by atoms with E-state index < -0.39 is 40.4 Å². The van der Waals surface area contributed by atoms with Crippen LogP contribution in [0.15, 0.2) is 0 Å². The Kier molecular flexibility index (Phi) is 4.03. The Morgan fingerprint density at radius 2 is 1.68 bits per heavy atom. The Labute approximate surface area is 103 Å². The topological polar surface area (TPSA) is 42.0 Å². The van der Waals surface area contributed by atoms with Crippen LogP contribution in [0.1, 0.15) is 17.0 Å². The molecule has 1 aromatic rings. The average Bonchev–Trinajstić information content (AvgIpc) is 2.59. The van der Waals surface area contributed by atoms with Gasteiger partial charge >= 0.3 is 18.3 Å². The van der Waals surface area contributed by atoms with Crippen LogP contribution in [0.5, 0.6) is 0 Å². The molecule has 0 aliphatic rings. The smallest absolute Gasteiger partial charge is 0.294 e. The van der Waals surface area contributed by atoms with Crippen LogP contribution in [-0.4, -0.2) is 17.1 Å². The number of amides is 1. The number of nitrogens with one attached hydrogen (secondary N) is 1. The first-order valence-electron chi connectivity index (χ1n) is 4.17. The summed E-state index contributed by atoms with van der Waals surface area (Å²) >= 11 is -0.374. The number of anilines is 1. The summed E-state index contributed by atoms with van der Waals surface area (Å²) in [4.78, 5) is 11.4. The second kappa shape index (κ2) is 4.90. The van der Waals surface area contributed by atoms with E-state index in [9.17, 15) is 39.9 Å². The van der Waals surface area contributed by atoms with E-state index in [0.717, 1.165) is 5.32 Å². The zero-order valence-electron chi connectivity index (χ0n) is 8.36. The van der Waals surface area contributed by atoms with E-state index in [1.165, 1.54) is 0 Å². The number of aromatic nitrogens is 1. The highest BCUT2D eigenvalue weighted by Crippen LogP contribution is 2.41. The van der Waals surface area contributed by atoms with Crippen molar-refractivity contribution in [3.63, 3.8) is 0 Å². The fourth-order valence-corrected chi connectivity index (χ4v) is 1.74. The van der Waals surface area contributed by atoms with Crippen LogP contribution in [0.3, 0.4) is 0 Å². The summed E-state index contributed by atoms with van der Waals surface area (Å²) in [6, 6.07) is 0. The fraction of sp³-hybridized carbons (Fsp3) is 0.429. The molecule has 108 valence electrons. The minimum absolute atomic E-state index is 0.374. The highest BCUT2D eigenvalue weighted by Gasteiger charge is 2.42. The first-order valence-corrected chi connectivity index (χ1v) is 4.99. The molecule has 1 rings (SSSR count). The minimum atomic E-state index is -5.37. The lowest BCUT2D eigenvalue weighted by molar-refractivity contribution is -0.167. The van der Waals surface area contributed by atoms with Crippen LogP contribution in [0.4, 0.5) is 40.3 Å². The zero-order chi connectivity index (χ0) is 15.0. The van der Waals surface area contributed by atoms with Crippen molar-refractivity contribution in [3.05, 3.63) is 10.6 Å². The van der Waals surface area contributed by atoms with Crippen molar-refractivity contribution in [1.29, 1.82) is 0 Å². The maximum atomic E-state index is 12.3. The Balaban J connectivity index is 3.10. The van der Waals surface area contributed by atoms with Gasteiger partial charge < -0.3 is 0 Å². The van der Waals surface area contributed by atoms with Gasteiger partial charge in [0.05, 0.1) is 0 Å². The predicted molar refractivity (Wildman–Crippen MR) is 46.8 cm³/mol. The highest BCUT2D eigenvalue weighted by molar-refractivity contribution is 7.16. The number of nitrogens with zero attached hydrogens (tertiary/aromatic N) is 1. The standard InChI is InChI=1S/C7H2F8N2OS/c8-3(9)1-2(6(10,11)12)16-5(19-1)17-4(18)7(13,14)15/h3H,(H,16,17,18). The van der Waals surface area contributed by atoms with Crippen molar-refractivity contribution in [2.24, 2.45) is 0 Å². The van der Waals surface area contributed by atoms with Gasteiger partial charge in [-0.2, -0.15) is 26.3 Å². The minimum Gasteiger partial charge on any atom is -0.294 e. The molecule has 0 radical (unpaired) electrons. The molecule has 0 aliphatic heterocycles. The first-order chi connectivity index (χ1) is 8.43. The van der Waals surface area contributed by atoms with Gasteiger partial charge in [0.2, 0.25) is 0 Å². The SMILES string of the molecule is O=C(Nc1nc(C(F)(F)F)c(C(F)F)s1)C(F)(F)F. The molecule has 19 heavy (non-hydrogen) atoms. The molecule has 0 aromatic carbocycles. The summed E-state index contributed by atoms with van der Waals surface area (Å²) in [7, 11) is 0. The summed E-state index contributed by atoms with van der Waals surface area (Å²) in [5.74, 6) is -2.60. The Morgan fingerprint density at radius 3 is 2.00 bits per heavy atom. The Hall–Kier alpha value is -1.46. The van der Waals surface area contributed by atoms with Crippen LogP contribution in [0.25, 0.3) is 0 Å². The van der Waals surface area contributed by atoms with E-state index in [2.05, 4.69) is 4.98 Å². The lowest BCUT2D eigenvalue weighted by atomic mass is 10.3. The van der Waals surface area contributed by atoms with Crippen molar-refractivity contribution in [2.45, 2.75) is 18.8 Å². The second-order valence-corrected chi connectivity index (χ2v) is 4.01. The molecule has 0 saturated carbocycles. The summed E-state index contributed by atoms with van der Waals surface area (Å²) in [5, 5.41) is -0.224. The molecule has 0 bridgehead atoms. The van der Waals surface area contributed by atoms with Crippen molar-refractivity contribution < 1.29 is 39.9 Å². The number of rotatable bonds is 2. The van der Waals surface area contributed by atoms with Gasteiger partial charge in [0.15, 0.2) is 10.8 Å². The summed E-state index contributed by atoms with van der Waals surface area (Å²) < 4.78 is 96.9. The number of thiazole rings is 1. The summed E-state index contributed by atoms with van der Waals surface area (Å²) in [5.41, 5.74) is -2.02. The monoisotopic (exact) mass is 314 g/mol. The van der Waals surface area contributed by atoms with E-state index in [0.29, 0.717) is 0 Å². The van der Waals surface area contributed by atoms with Crippen LogP contribution in [-0.2, 0) is 11.0 Å². The molecule has 1 amide bonds. The van der Waals surface area contributed by atoms with E-state index in [1.807, 2.05) is 0 Å². The lowest BCUT2D eigenvalue weighted by Gasteiger charge is -2.05. The maximum absolute atomic E-state index is 12.3. The van der Waals surface area contributed by atoms with E-state index >= 15 is 0 Å². The van der Waals surface area contributed by atoms with Crippen LogP contribution < -0.4 is 5.32 Å². The van der Waals surface area contributed by atoms with Gasteiger partial charge in [-0.15, -0.1) is 0 Å². The van der Waals surface area contributed by atoms with E-state index in [4.69, 9.17) is 0 Å². The number of alkyl halides is 8. The highest BCUT2D eigenvalue weighted by atomic mass is 32.1. The molecule has 0 spiro atoms. The van der Waals surface area contributed by atoms with Crippen molar-refractivity contribution >= 4 is 22.4 Å². The molecule has 12 heteroatoms. The van der Waals surface area contributed by atoms with Gasteiger partial charge in [0.1, 0.15) is 4.88 Å². The largest absolute Gasteiger partial charge is 0.471 e. The van der Waals surface area contributed by atoms with Gasteiger partial charge in [0, 0.05) is 0 Å². The number of carbonyl (C=O) groups excluding carboxylic acids is 1. The normalized spacial score (nSPS) is 12.9. The van der Waals surface area contributed by atoms with Gasteiger partial charge in [-0.3, -0.25) is 10.1 Å². The van der Waals surface area contributed by atoms with E-state index in [1.54, 1.807) is 0 Å². The Morgan fingerprint density at radius 1 is 1.16 bits per heavy atom. The third kappa shape index (κ3) is 3.75. The molecule has 1 aromatic heterocycles. The van der Waals surface area contributed by atoms with Crippen LogP contribution in [0, 0.1) is 0 Å². The third-order valence-electron chi connectivity index (χ3n) is 1.60. The number of hydrogen-bond donors (Lipinski definition) is 1. The Bertz CT molecular complexity index is 476. The molecule has 0 atom stereocenters. The first kappa shape index (κ1) is 15.6. The van der Waals surface area contributed by atoms with Crippen molar-refractivity contribution in [1.82, 2.24) is 4.98 Å². The second-order valence-electron chi connectivity index (χ2n) is 2.98. The summed E-state index contributed by atoms with van der Waals surface area (Å²) in [6.45, 7) is 0. The number of carbonyl (C=O) groups is 1. The van der Waals surface area contributed by atoms with Crippen LogP contribution >= 0.6 is 11.3 Å². The molecule has 0 fully saturated rings. The van der Waals surface area contributed by atoms with Gasteiger partial charge in [-0.25, -0.2) is 13.8 Å². The predicted octanol–water partition coefficient (Wildman–Crippen LogP) is 3.60. The fourth-order valence-electron chi connectivity index (χ4n) is 0.904. The van der Waals surface area contributed by atoms with Gasteiger partial charge in [0.25, 0.3) is 6.43 Å². The van der Waals surface area contributed by atoms with Crippen molar-refractivity contribution in [3.8, 4) is 0 Å². The molecule has 1 N–H and O–H groups in total. The number of hydrogen-bond acceptors (Lipinski definition) is 3. The number of halogens is 8. The van der Waals surface area contributed by atoms with E-state index in [-0.39, 0.29) is 11.3 Å². The molecule has 3 nitrogen and oxygen atoms in total. The quantitative estimate of drug-likeness (QED) is 0.848. The molecular weight excluding hydrogens is 312 g/mol. The molecule has 1 heterocycles. The average molecular weight is 314 g/mol. The molecule has 0 aliphatic carbocycles. The van der Waals surface area contributed by atoms with Crippen LogP contribution in [0.2, 0.25) is 0 Å². The van der Waals surface area contributed by atoms with Gasteiger partial charge in [-0.1, -0.05) is 11.3 Å². The molecule has 0 saturated heterocycles. The maximum Gasteiger partial charge on any atom is 0.471 e. The van der Waals surface area contributed by atoms with Gasteiger partial charge in [-0.05, 0) is 0 Å². The lowest BCUT2D eigenvalue weighted by Crippen LogP contribution is -2.29. The zero-order valence-corrected chi connectivity index (χ0v) is 9.18. The molecular formula is C7H2F8N2OS. The van der Waals surface area contributed by atoms with Crippen molar-refractivity contribution in [2.75, 3.05) is 5.32 Å². The molecule has 0 unspecified atom stereocenters.